The van der Waals surface area contributed by atoms with Crippen LogP contribution in [0.25, 0.3) is 0 Å². The summed E-state index contributed by atoms with van der Waals surface area (Å²) >= 11 is 0. The summed E-state index contributed by atoms with van der Waals surface area (Å²) in [6.07, 6.45) is -0.342. The Bertz CT molecular complexity index is 338. The van der Waals surface area contributed by atoms with Gasteiger partial charge in [-0.2, -0.15) is 5.26 Å². The number of rotatable bonds is 4. The van der Waals surface area contributed by atoms with E-state index in [1.807, 2.05) is 19.1 Å². The molecule has 1 aromatic carbocycles. The number of hydrogen-bond acceptors (Lipinski definition) is 3. The van der Waals surface area contributed by atoms with E-state index >= 15 is 0 Å². The second-order valence-electron chi connectivity index (χ2n) is 3.71. The van der Waals surface area contributed by atoms with Gasteiger partial charge in [0, 0.05) is 12.6 Å². The van der Waals surface area contributed by atoms with E-state index in [0.717, 1.165) is 5.56 Å². The molecule has 3 heteroatoms. The molecule has 0 bridgehead atoms. The Balaban J connectivity index is 2.58. The fourth-order valence-electron chi connectivity index (χ4n) is 1.31. The van der Waals surface area contributed by atoms with Crippen LogP contribution in [-0.4, -0.2) is 17.8 Å². The summed E-state index contributed by atoms with van der Waals surface area (Å²) in [5.74, 6) is 0. The highest BCUT2D eigenvalue weighted by Gasteiger charge is 2.05. The first-order valence-electron chi connectivity index (χ1n) is 5.05. The predicted octanol–water partition coefficient (Wildman–Crippen LogP) is 1.59. The second kappa shape index (κ2) is 5.50. The lowest BCUT2D eigenvalue weighted by Gasteiger charge is -2.15. The zero-order chi connectivity index (χ0) is 11.3. The van der Waals surface area contributed by atoms with Gasteiger partial charge in [-0.3, -0.25) is 0 Å². The maximum atomic E-state index is 9.12. The molecule has 0 aliphatic carbocycles. The molecule has 2 N–H and O–H groups in total. The number of nitrogens with zero attached hydrogens (tertiary/aromatic N) is 1. The molecule has 0 saturated heterocycles. The summed E-state index contributed by atoms with van der Waals surface area (Å²) in [4.78, 5) is 0. The molecule has 0 saturated carbocycles. The minimum absolute atomic E-state index is 0.187. The first-order chi connectivity index (χ1) is 7.13. The number of nitrogens with one attached hydrogen (secondary N) is 1. The average molecular weight is 204 g/mol. The highest BCUT2D eigenvalue weighted by molar-refractivity contribution is 5.32. The van der Waals surface area contributed by atoms with Crippen molar-refractivity contribution in [2.24, 2.45) is 0 Å². The van der Waals surface area contributed by atoms with Crippen LogP contribution < -0.4 is 5.32 Å². The fourth-order valence-corrected chi connectivity index (χ4v) is 1.31. The number of aliphatic hydroxyl groups excluding tert-OH is 1. The molecule has 0 fully saturated rings. The van der Waals surface area contributed by atoms with Gasteiger partial charge >= 0.3 is 0 Å². The smallest absolute Gasteiger partial charge is 0.0991 e. The van der Waals surface area contributed by atoms with Crippen molar-refractivity contribution in [1.82, 2.24) is 5.32 Å². The minimum atomic E-state index is -0.342. The molecule has 0 aliphatic heterocycles. The quantitative estimate of drug-likeness (QED) is 0.783. The first-order valence-corrected chi connectivity index (χ1v) is 5.05. The Labute approximate surface area is 90.4 Å². The Morgan fingerprint density at radius 3 is 2.40 bits per heavy atom. The van der Waals surface area contributed by atoms with E-state index < -0.39 is 0 Å². The van der Waals surface area contributed by atoms with Gasteiger partial charge in [-0.05, 0) is 31.5 Å². The third-order valence-electron chi connectivity index (χ3n) is 2.26. The van der Waals surface area contributed by atoms with E-state index in [0.29, 0.717) is 12.1 Å². The first kappa shape index (κ1) is 11.7. The molecule has 0 aliphatic rings. The monoisotopic (exact) mass is 204 g/mol. The van der Waals surface area contributed by atoms with Crippen LogP contribution in [0.2, 0.25) is 0 Å². The van der Waals surface area contributed by atoms with Gasteiger partial charge in [0.15, 0.2) is 0 Å². The largest absolute Gasteiger partial charge is 0.392 e. The molecule has 1 unspecified atom stereocenters. The van der Waals surface area contributed by atoms with Gasteiger partial charge in [-0.15, -0.1) is 0 Å². The molecule has 1 aromatic rings. The average Bonchev–Trinajstić information content (AvgIpc) is 2.26. The third-order valence-corrected chi connectivity index (χ3v) is 2.26. The van der Waals surface area contributed by atoms with E-state index in [4.69, 9.17) is 10.4 Å². The Morgan fingerprint density at radius 1 is 1.33 bits per heavy atom. The van der Waals surface area contributed by atoms with Crippen molar-refractivity contribution in [2.75, 3.05) is 6.54 Å². The van der Waals surface area contributed by atoms with Crippen LogP contribution in [0, 0.1) is 11.3 Å². The fraction of sp³-hybridized carbons (Fsp3) is 0.417. The van der Waals surface area contributed by atoms with Crippen molar-refractivity contribution in [1.29, 1.82) is 5.26 Å². The SMILES string of the molecule is CC(NC[C@@H](C)O)c1ccc(C#N)cc1. The molecule has 0 heterocycles. The van der Waals surface area contributed by atoms with E-state index in [2.05, 4.69) is 11.4 Å². The topological polar surface area (TPSA) is 56.0 Å². The standard InChI is InChI=1S/C12H16N2O/c1-9(15)8-14-10(2)12-5-3-11(7-13)4-6-12/h3-6,9-10,14-15H,8H2,1-2H3/t9-,10?/m1/s1. The highest BCUT2D eigenvalue weighted by atomic mass is 16.3. The van der Waals surface area contributed by atoms with E-state index in [-0.39, 0.29) is 12.1 Å². The van der Waals surface area contributed by atoms with Crippen LogP contribution in [0.5, 0.6) is 0 Å². The molecule has 0 amide bonds. The molecule has 0 radical (unpaired) electrons. The van der Waals surface area contributed by atoms with Crippen molar-refractivity contribution in [3.8, 4) is 6.07 Å². The lowest BCUT2D eigenvalue weighted by atomic mass is 10.1. The summed E-state index contributed by atoms with van der Waals surface area (Å²) in [6, 6.07) is 9.73. The van der Waals surface area contributed by atoms with Gasteiger partial charge in [0.25, 0.3) is 0 Å². The molecule has 3 nitrogen and oxygen atoms in total. The van der Waals surface area contributed by atoms with Crippen molar-refractivity contribution >= 4 is 0 Å². The van der Waals surface area contributed by atoms with Gasteiger partial charge in [0.05, 0.1) is 17.7 Å². The number of nitriles is 1. The van der Waals surface area contributed by atoms with Crippen molar-refractivity contribution < 1.29 is 5.11 Å². The normalized spacial score (nSPS) is 14.3. The molecule has 0 aromatic heterocycles. The predicted molar refractivity (Wildman–Crippen MR) is 59.3 cm³/mol. The maximum Gasteiger partial charge on any atom is 0.0991 e. The molecule has 1 rings (SSSR count). The lowest BCUT2D eigenvalue weighted by molar-refractivity contribution is 0.187. The van der Waals surface area contributed by atoms with Gasteiger partial charge in [-0.25, -0.2) is 0 Å². The van der Waals surface area contributed by atoms with Crippen LogP contribution >= 0.6 is 0 Å². The molecule has 2 atom stereocenters. The highest BCUT2D eigenvalue weighted by Crippen LogP contribution is 2.12. The van der Waals surface area contributed by atoms with Crippen LogP contribution in [0.15, 0.2) is 24.3 Å². The third kappa shape index (κ3) is 3.70. The zero-order valence-electron chi connectivity index (χ0n) is 9.07. The molecular formula is C12H16N2O. The van der Waals surface area contributed by atoms with Gasteiger partial charge in [0.1, 0.15) is 0 Å². The van der Waals surface area contributed by atoms with Crippen LogP contribution in [0.3, 0.4) is 0 Å². The van der Waals surface area contributed by atoms with Gasteiger partial charge < -0.3 is 10.4 Å². The maximum absolute atomic E-state index is 9.12. The van der Waals surface area contributed by atoms with E-state index in [1.54, 1.807) is 19.1 Å². The van der Waals surface area contributed by atoms with Crippen LogP contribution in [0.1, 0.15) is 31.0 Å². The van der Waals surface area contributed by atoms with E-state index in [1.165, 1.54) is 0 Å². The molecular weight excluding hydrogens is 188 g/mol. The minimum Gasteiger partial charge on any atom is -0.392 e. The zero-order valence-corrected chi connectivity index (χ0v) is 9.07. The molecule has 15 heavy (non-hydrogen) atoms. The number of hydrogen-bond donors (Lipinski definition) is 2. The lowest BCUT2D eigenvalue weighted by Crippen LogP contribution is -2.27. The summed E-state index contributed by atoms with van der Waals surface area (Å²) in [5.41, 5.74) is 1.79. The number of aliphatic hydroxyl groups is 1. The summed E-state index contributed by atoms with van der Waals surface area (Å²) in [5, 5.41) is 21.0. The van der Waals surface area contributed by atoms with E-state index in [9.17, 15) is 0 Å². The Hall–Kier alpha value is -1.37. The van der Waals surface area contributed by atoms with Gasteiger partial charge in [-0.1, -0.05) is 12.1 Å². The van der Waals surface area contributed by atoms with Crippen LogP contribution in [0.4, 0.5) is 0 Å². The Kier molecular flexibility index (Phi) is 4.29. The van der Waals surface area contributed by atoms with Crippen molar-refractivity contribution in [3.05, 3.63) is 35.4 Å². The van der Waals surface area contributed by atoms with Crippen molar-refractivity contribution in [2.45, 2.75) is 26.0 Å². The molecule has 0 spiro atoms. The molecule has 80 valence electrons. The Morgan fingerprint density at radius 2 is 1.93 bits per heavy atom. The number of benzene rings is 1. The summed E-state index contributed by atoms with van der Waals surface area (Å²) in [7, 11) is 0. The van der Waals surface area contributed by atoms with Gasteiger partial charge in [0.2, 0.25) is 0 Å². The van der Waals surface area contributed by atoms with Crippen molar-refractivity contribution in [3.63, 3.8) is 0 Å². The van der Waals surface area contributed by atoms with Crippen LogP contribution in [-0.2, 0) is 0 Å². The summed E-state index contributed by atoms with van der Waals surface area (Å²) in [6.45, 7) is 4.35. The second-order valence-corrected chi connectivity index (χ2v) is 3.71. The summed E-state index contributed by atoms with van der Waals surface area (Å²) < 4.78 is 0.